The molecule has 1 unspecified atom stereocenters. The molecule has 3 rings (SSSR count). The molecule has 208 valence electrons. The standard InChI is InChI=1S/C28H30Cl2FN3O4S/c1-4-25(28(36)32-5-2)33(17-20-12-15-22(29)23(30)16-20)27(35)18-34(26-9-7-6-8-24(26)31)39(37,38)21-13-10-19(3)11-14-21/h6-16,25H,4-5,17-18H2,1-3H3,(H,32,36). The topological polar surface area (TPSA) is 86.8 Å². The van der Waals surface area contributed by atoms with Gasteiger partial charge in [-0.2, -0.15) is 0 Å². The van der Waals surface area contributed by atoms with Gasteiger partial charge in [0, 0.05) is 13.1 Å². The lowest BCUT2D eigenvalue weighted by Gasteiger charge is -2.33. The van der Waals surface area contributed by atoms with E-state index < -0.39 is 40.2 Å². The molecule has 0 heterocycles. The number of hydrogen-bond acceptors (Lipinski definition) is 4. The van der Waals surface area contributed by atoms with E-state index in [1.54, 1.807) is 44.2 Å². The van der Waals surface area contributed by atoms with Crippen LogP contribution < -0.4 is 9.62 Å². The number of carbonyl (C=O) groups is 2. The second kappa shape index (κ2) is 13.3. The molecule has 0 fully saturated rings. The number of rotatable bonds is 11. The van der Waals surface area contributed by atoms with E-state index in [-0.39, 0.29) is 28.6 Å². The summed E-state index contributed by atoms with van der Waals surface area (Å²) in [5.74, 6) is -1.90. The van der Waals surface area contributed by atoms with Crippen molar-refractivity contribution >= 4 is 50.7 Å². The van der Waals surface area contributed by atoms with Crippen molar-refractivity contribution in [3.63, 3.8) is 0 Å². The number of likely N-dealkylation sites (N-methyl/N-ethyl adjacent to an activating group) is 1. The summed E-state index contributed by atoms with van der Waals surface area (Å²) in [7, 11) is -4.36. The quantitative estimate of drug-likeness (QED) is 0.314. The zero-order valence-electron chi connectivity index (χ0n) is 21.8. The summed E-state index contributed by atoms with van der Waals surface area (Å²) in [5.41, 5.74) is 1.13. The Hall–Kier alpha value is -3.14. The van der Waals surface area contributed by atoms with E-state index in [0.717, 1.165) is 15.9 Å². The third-order valence-corrected chi connectivity index (χ3v) is 8.60. The molecule has 1 atom stereocenters. The van der Waals surface area contributed by atoms with Gasteiger partial charge in [0.2, 0.25) is 11.8 Å². The Morgan fingerprint density at radius 3 is 2.23 bits per heavy atom. The molecule has 7 nitrogen and oxygen atoms in total. The van der Waals surface area contributed by atoms with Gasteiger partial charge < -0.3 is 10.2 Å². The summed E-state index contributed by atoms with van der Waals surface area (Å²) in [6, 6.07) is 15.3. The Morgan fingerprint density at radius 1 is 0.974 bits per heavy atom. The van der Waals surface area contributed by atoms with Gasteiger partial charge in [0.15, 0.2) is 0 Å². The SMILES string of the molecule is CCNC(=O)C(CC)N(Cc1ccc(Cl)c(Cl)c1)C(=O)CN(c1ccccc1F)S(=O)(=O)c1ccc(C)cc1. The van der Waals surface area contributed by atoms with Crippen molar-refractivity contribution < 1.29 is 22.4 Å². The van der Waals surface area contributed by atoms with Gasteiger partial charge in [0.05, 0.1) is 20.6 Å². The molecule has 0 aliphatic carbocycles. The lowest BCUT2D eigenvalue weighted by atomic mass is 10.1. The Morgan fingerprint density at radius 2 is 1.64 bits per heavy atom. The molecule has 3 aromatic carbocycles. The zero-order valence-corrected chi connectivity index (χ0v) is 24.2. The maximum Gasteiger partial charge on any atom is 0.264 e. The second-order valence-electron chi connectivity index (χ2n) is 8.86. The minimum absolute atomic E-state index is 0.0545. The van der Waals surface area contributed by atoms with Gasteiger partial charge in [-0.3, -0.25) is 13.9 Å². The van der Waals surface area contributed by atoms with Gasteiger partial charge in [0.25, 0.3) is 10.0 Å². The molecule has 0 spiro atoms. The molecule has 1 N–H and O–H groups in total. The fourth-order valence-corrected chi connectivity index (χ4v) is 5.79. The van der Waals surface area contributed by atoms with Gasteiger partial charge in [-0.1, -0.05) is 66.0 Å². The number of aryl methyl sites for hydroxylation is 1. The van der Waals surface area contributed by atoms with E-state index >= 15 is 0 Å². The predicted molar refractivity (Wildman–Crippen MR) is 152 cm³/mol. The third-order valence-electron chi connectivity index (χ3n) is 6.08. The molecular weight excluding hydrogens is 564 g/mol. The summed E-state index contributed by atoms with van der Waals surface area (Å²) < 4.78 is 43.2. The Balaban J connectivity index is 2.08. The van der Waals surface area contributed by atoms with Crippen molar-refractivity contribution in [2.75, 3.05) is 17.4 Å². The van der Waals surface area contributed by atoms with Crippen LogP contribution in [-0.2, 0) is 26.2 Å². The van der Waals surface area contributed by atoms with Gasteiger partial charge in [0.1, 0.15) is 18.4 Å². The molecule has 0 aliphatic rings. The van der Waals surface area contributed by atoms with Crippen LogP contribution in [0.2, 0.25) is 10.0 Å². The average Bonchev–Trinajstić information content (AvgIpc) is 2.90. The number of benzene rings is 3. The molecule has 0 aliphatic heterocycles. The van der Waals surface area contributed by atoms with Crippen LogP contribution in [0.5, 0.6) is 0 Å². The van der Waals surface area contributed by atoms with E-state index in [1.165, 1.54) is 35.2 Å². The molecule has 39 heavy (non-hydrogen) atoms. The number of amides is 2. The number of nitrogens with one attached hydrogen (secondary N) is 1. The number of carbonyl (C=O) groups excluding carboxylic acids is 2. The number of hydrogen-bond donors (Lipinski definition) is 1. The maximum absolute atomic E-state index is 15.0. The molecule has 3 aromatic rings. The predicted octanol–water partition coefficient (Wildman–Crippen LogP) is 5.58. The van der Waals surface area contributed by atoms with Gasteiger partial charge in [-0.05, 0) is 62.2 Å². The normalized spacial score (nSPS) is 12.1. The first kappa shape index (κ1) is 30.4. The van der Waals surface area contributed by atoms with Crippen LogP contribution in [0.3, 0.4) is 0 Å². The summed E-state index contributed by atoms with van der Waals surface area (Å²) in [4.78, 5) is 28.0. The summed E-state index contributed by atoms with van der Waals surface area (Å²) in [6.07, 6.45) is 0.253. The van der Waals surface area contributed by atoms with Crippen molar-refractivity contribution in [2.24, 2.45) is 0 Å². The summed E-state index contributed by atoms with van der Waals surface area (Å²) in [5, 5.41) is 3.31. The molecule has 0 aromatic heterocycles. The fraction of sp³-hybridized carbons (Fsp3) is 0.286. The number of para-hydroxylation sites is 1. The Labute approximate surface area is 238 Å². The molecule has 2 amide bonds. The van der Waals surface area contributed by atoms with E-state index in [2.05, 4.69) is 5.32 Å². The Kier molecular flexibility index (Phi) is 10.4. The maximum atomic E-state index is 15.0. The highest BCUT2D eigenvalue weighted by Gasteiger charge is 2.34. The zero-order chi connectivity index (χ0) is 28.7. The molecule has 0 saturated heterocycles. The van der Waals surface area contributed by atoms with Crippen LogP contribution in [0.4, 0.5) is 10.1 Å². The van der Waals surface area contributed by atoms with Crippen molar-refractivity contribution in [2.45, 2.75) is 44.7 Å². The minimum atomic E-state index is -4.36. The Bertz CT molecular complexity index is 1430. The van der Waals surface area contributed by atoms with E-state index in [1.807, 2.05) is 6.92 Å². The average molecular weight is 595 g/mol. The van der Waals surface area contributed by atoms with E-state index in [0.29, 0.717) is 17.1 Å². The van der Waals surface area contributed by atoms with Crippen molar-refractivity contribution in [1.29, 1.82) is 0 Å². The van der Waals surface area contributed by atoms with Gasteiger partial charge in [-0.25, -0.2) is 12.8 Å². The van der Waals surface area contributed by atoms with Crippen LogP contribution in [0.1, 0.15) is 31.4 Å². The van der Waals surface area contributed by atoms with Gasteiger partial charge >= 0.3 is 0 Å². The molecule has 0 bridgehead atoms. The highest BCUT2D eigenvalue weighted by Crippen LogP contribution is 2.28. The molecule has 0 saturated carbocycles. The van der Waals surface area contributed by atoms with E-state index in [4.69, 9.17) is 23.2 Å². The van der Waals surface area contributed by atoms with Crippen LogP contribution in [0.15, 0.2) is 71.6 Å². The molecule has 0 radical (unpaired) electrons. The first-order valence-electron chi connectivity index (χ1n) is 12.3. The third kappa shape index (κ3) is 7.29. The van der Waals surface area contributed by atoms with Crippen LogP contribution in [0.25, 0.3) is 0 Å². The lowest BCUT2D eigenvalue weighted by Crippen LogP contribution is -2.52. The molecule has 11 heteroatoms. The number of halogens is 3. The first-order valence-corrected chi connectivity index (χ1v) is 14.5. The second-order valence-corrected chi connectivity index (χ2v) is 11.5. The summed E-state index contributed by atoms with van der Waals surface area (Å²) >= 11 is 12.2. The monoisotopic (exact) mass is 593 g/mol. The van der Waals surface area contributed by atoms with Gasteiger partial charge in [-0.15, -0.1) is 0 Å². The molecular formula is C28H30Cl2FN3O4S. The number of sulfonamides is 1. The largest absolute Gasteiger partial charge is 0.355 e. The highest BCUT2D eigenvalue weighted by molar-refractivity contribution is 7.92. The first-order chi connectivity index (χ1) is 18.5. The summed E-state index contributed by atoms with van der Waals surface area (Å²) in [6.45, 7) is 4.85. The smallest absolute Gasteiger partial charge is 0.264 e. The number of anilines is 1. The van der Waals surface area contributed by atoms with Crippen LogP contribution in [0, 0.1) is 12.7 Å². The van der Waals surface area contributed by atoms with Crippen molar-refractivity contribution in [3.05, 3.63) is 93.7 Å². The lowest BCUT2D eigenvalue weighted by molar-refractivity contribution is -0.140. The van der Waals surface area contributed by atoms with Crippen molar-refractivity contribution in [3.8, 4) is 0 Å². The minimum Gasteiger partial charge on any atom is -0.355 e. The highest BCUT2D eigenvalue weighted by atomic mass is 35.5. The van der Waals surface area contributed by atoms with E-state index in [9.17, 15) is 22.4 Å². The van der Waals surface area contributed by atoms with Crippen LogP contribution >= 0.6 is 23.2 Å². The van der Waals surface area contributed by atoms with Crippen LogP contribution in [-0.4, -0.2) is 44.3 Å². The number of nitrogens with zero attached hydrogens (tertiary/aromatic N) is 2. The fourth-order valence-electron chi connectivity index (χ4n) is 4.05. The van der Waals surface area contributed by atoms with Crippen molar-refractivity contribution in [1.82, 2.24) is 10.2 Å².